The van der Waals surface area contributed by atoms with Crippen molar-refractivity contribution in [1.82, 2.24) is 10.2 Å². The summed E-state index contributed by atoms with van der Waals surface area (Å²) in [7, 11) is -3.32. The molecular weight excluding hydrogens is 513 g/mol. The predicted molar refractivity (Wildman–Crippen MR) is 130 cm³/mol. The molecule has 0 saturated carbocycles. The molecule has 2 amide bonds. The molecule has 1 heterocycles. The number of halogens is 3. The van der Waals surface area contributed by atoms with E-state index in [1.54, 1.807) is 11.0 Å². The van der Waals surface area contributed by atoms with E-state index in [-0.39, 0.29) is 30.2 Å². The van der Waals surface area contributed by atoms with Crippen molar-refractivity contribution < 1.29 is 40.0 Å². The zero-order valence-corrected chi connectivity index (χ0v) is 21.9. The quantitative estimate of drug-likeness (QED) is 0.472. The molecule has 1 fully saturated rings. The minimum Gasteiger partial charge on any atom is -0.493 e. The van der Waals surface area contributed by atoms with Gasteiger partial charge >= 0.3 is 22.3 Å². The van der Waals surface area contributed by atoms with Gasteiger partial charge in [-0.2, -0.15) is 21.6 Å². The molecule has 0 unspecified atom stereocenters. The SMILES string of the molecule is COc1ccc(CN(C[C@@H]2CCCO2)C(=O)NC(C)(C)C)cc1OS(=O)(=O)c1cccc(C(F)(F)F)c1. The normalized spacial score (nSPS) is 16.4. The number of alkyl halides is 3. The lowest BCUT2D eigenvalue weighted by Gasteiger charge is -2.30. The van der Waals surface area contributed by atoms with E-state index in [0.717, 1.165) is 31.0 Å². The lowest BCUT2D eigenvalue weighted by atomic mass is 10.1. The van der Waals surface area contributed by atoms with Crippen LogP contribution in [0, 0.1) is 0 Å². The van der Waals surface area contributed by atoms with E-state index in [9.17, 15) is 26.4 Å². The first-order valence-electron chi connectivity index (χ1n) is 11.7. The Hall–Kier alpha value is -2.99. The summed E-state index contributed by atoms with van der Waals surface area (Å²) in [4.78, 5) is 13.9. The Bertz CT molecular complexity index is 1210. The van der Waals surface area contributed by atoms with E-state index in [1.807, 2.05) is 20.8 Å². The topological polar surface area (TPSA) is 94.2 Å². The standard InChI is InChI=1S/C25H31F3N2O6S/c1-24(2,3)29-23(31)30(16-19-8-6-12-35-19)15-17-10-11-21(34-4)22(13-17)36-37(32,33)20-9-5-7-18(14-20)25(26,27)28/h5,7,9-11,13-14,19H,6,8,12,15-16H2,1-4H3,(H,29,31)/t19-/m0/s1. The van der Waals surface area contributed by atoms with Crippen molar-refractivity contribution in [1.29, 1.82) is 0 Å². The Labute approximate surface area is 214 Å². The van der Waals surface area contributed by atoms with Gasteiger partial charge in [0, 0.05) is 25.2 Å². The second-order valence-electron chi connectivity index (χ2n) is 9.74. The summed E-state index contributed by atoms with van der Waals surface area (Å²) < 4.78 is 81.0. The average molecular weight is 545 g/mol. The molecule has 8 nitrogen and oxygen atoms in total. The van der Waals surface area contributed by atoms with Gasteiger partial charge in [0.15, 0.2) is 11.5 Å². The number of hydrogen-bond acceptors (Lipinski definition) is 6. The molecule has 1 saturated heterocycles. The van der Waals surface area contributed by atoms with Crippen LogP contribution in [0.2, 0.25) is 0 Å². The minimum absolute atomic E-state index is 0.0594. The van der Waals surface area contributed by atoms with Crippen LogP contribution in [0.4, 0.5) is 18.0 Å². The van der Waals surface area contributed by atoms with E-state index in [1.165, 1.54) is 19.2 Å². The van der Waals surface area contributed by atoms with Gasteiger partial charge in [0.05, 0.1) is 18.8 Å². The van der Waals surface area contributed by atoms with Crippen LogP contribution in [0.3, 0.4) is 0 Å². The molecule has 1 N–H and O–H groups in total. The van der Waals surface area contributed by atoms with E-state index in [2.05, 4.69) is 5.32 Å². The predicted octanol–water partition coefficient (Wildman–Crippen LogP) is 4.97. The molecule has 0 aliphatic carbocycles. The molecular formula is C25H31F3N2O6S. The maximum absolute atomic E-state index is 13.1. The number of benzene rings is 2. The summed E-state index contributed by atoms with van der Waals surface area (Å²) in [5, 5.41) is 2.92. The molecule has 1 atom stereocenters. The number of amides is 2. The molecule has 0 radical (unpaired) electrons. The fraction of sp³-hybridized carbons (Fsp3) is 0.480. The monoisotopic (exact) mass is 544 g/mol. The molecule has 1 aliphatic rings. The number of nitrogens with zero attached hydrogens (tertiary/aromatic N) is 1. The number of nitrogens with one attached hydrogen (secondary N) is 1. The first kappa shape index (κ1) is 28.6. The van der Waals surface area contributed by atoms with Crippen LogP contribution in [0.25, 0.3) is 0 Å². The number of rotatable bonds is 8. The van der Waals surface area contributed by atoms with Crippen molar-refractivity contribution in [3.8, 4) is 11.5 Å². The zero-order chi connectivity index (χ0) is 27.4. The molecule has 1 aliphatic heterocycles. The molecule has 0 aromatic heterocycles. The highest BCUT2D eigenvalue weighted by Gasteiger charge is 2.32. The van der Waals surface area contributed by atoms with Gasteiger partial charge in [-0.05, 0) is 69.5 Å². The molecule has 2 aromatic carbocycles. The first-order valence-corrected chi connectivity index (χ1v) is 13.1. The molecule has 0 spiro atoms. The van der Waals surface area contributed by atoms with Crippen molar-refractivity contribution in [2.75, 3.05) is 20.3 Å². The van der Waals surface area contributed by atoms with Crippen LogP contribution in [-0.4, -0.2) is 51.3 Å². The summed E-state index contributed by atoms with van der Waals surface area (Å²) in [6, 6.07) is 7.46. The molecule has 12 heteroatoms. The van der Waals surface area contributed by atoms with Gasteiger partial charge < -0.3 is 23.9 Å². The van der Waals surface area contributed by atoms with Gasteiger partial charge in [0.2, 0.25) is 0 Å². The van der Waals surface area contributed by atoms with Crippen molar-refractivity contribution in [2.45, 2.75) is 62.9 Å². The van der Waals surface area contributed by atoms with Crippen molar-refractivity contribution in [3.63, 3.8) is 0 Å². The lowest BCUT2D eigenvalue weighted by molar-refractivity contribution is -0.137. The van der Waals surface area contributed by atoms with Crippen LogP contribution in [0.5, 0.6) is 11.5 Å². The Balaban J connectivity index is 1.88. The van der Waals surface area contributed by atoms with Crippen LogP contribution in [-0.2, 0) is 27.6 Å². The molecule has 2 aromatic rings. The van der Waals surface area contributed by atoms with Crippen LogP contribution < -0.4 is 14.2 Å². The lowest BCUT2D eigenvalue weighted by Crippen LogP contribution is -2.50. The molecule has 37 heavy (non-hydrogen) atoms. The van der Waals surface area contributed by atoms with Crippen molar-refractivity contribution in [3.05, 3.63) is 53.6 Å². The Kier molecular flexibility index (Phi) is 8.63. The smallest absolute Gasteiger partial charge is 0.416 e. The summed E-state index contributed by atoms with van der Waals surface area (Å²) in [6.07, 6.45) is -3.14. The first-order chi connectivity index (χ1) is 17.2. The zero-order valence-electron chi connectivity index (χ0n) is 21.1. The van der Waals surface area contributed by atoms with Gasteiger partial charge in [-0.1, -0.05) is 12.1 Å². The fourth-order valence-electron chi connectivity index (χ4n) is 3.75. The number of carbonyl (C=O) groups is 1. The van der Waals surface area contributed by atoms with E-state index < -0.39 is 32.3 Å². The maximum Gasteiger partial charge on any atom is 0.416 e. The average Bonchev–Trinajstić information content (AvgIpc) is 3.30. The summed E-state index contributed by atoms with van der Waals surface area (Å²) in [6.45, 7) is 6.61. The fourth-order valence-corrected chi connectivity index (χ4v) is 4.73. The molecule has 3 rings (SSSR count). The molecule has 204 valence electrons. The Morgan fingerprint density at radius 2 is 1.86 bits per heavy atom. The second-order valence-corrected chi connectivity index (χ2v) is 11.3. The van der Waals surface area contributed by atoms with Gasteiger partial charge in [0.1, 0.15) is 4.90 Å². The van der Waals surface area contributed by atoms with E-state index >= 15 is 0 Å². The highest BCUT2D eigenvalue weighted by Crippen LogP contribution is 2.34. The number of hydrogen-bond donors (Lipinski definition) is 1. The summed E-state index contributed by atoms with van der Waals surface area (Å²) in [5.41, 5.74) is -1.08. The number of methoxy groups -OCH3 is 1. The Morgan fingerprint density at radius 1 is 1.14 bits per heavy atom. The summed E-state index contributed by atoms with van der Waals surface area (Å²) >= 11 is 0. The van der Waals surface area contributed by atoms with Gasteiger partial charge in [-0.3, -0.25) is 0 Å². The highest BCUT2D eigenvalue weighted by molar-refractivity contribution is 7.87. The minimum atomic E-state index is -4.72. The largest absolute Gasteiger partial charge is 0.493 e. The van der Waals surface area contributed by atoms with Crippen LogP contribution in [0.1, 0.15) is 44.7 Å². The highest BCUT2D eigenvalue weighted by atomic mass is 32.2. The van der Waals surface area contributed by atoms with Gasteiger partial charge in [-0.25, -0.2) is 4.79 Å². The van der Waals surface area contributed by atoms with Crippen LogP contribution >= 0.6 is 0 Å². The van der Waals surface area contributed by atoms with Crippen molar-refractivity contribution in [2.24, 2.45) is 0 Å². The third-order valence-corrected chi connectivity index (χ3v) is 6.70. The number of carbonyl (C=O) groups excluding carboxylic acids is 1. The number of ether oxygens (including phenoxy) is 2. The summed E-state index contributed by atoms with van der Waals surface area (Å²) in [5.74, 6) is -0.158. The second kappa shape index (κ2) is 11.2. The Morgan fingerprint density at radius 3 is 2.46 bits per heavy atom. The van der Waals surface area contributed by atoms with Gasteiger partial charge in [-0.15, -0.1) is 0 Å². The van der Waals surface area contributed by atoms with E-state index in [0.29, 0.717) is 24.8 Å². The van der Waals surface area contributed by atoms with E-state index in [4.69, 9.17) is 13.7 Å². The number of urea groups is 1. The van der Waals surface area contributed by atoms with Crippen molar-refractivity contribution >= 4 is 16.1 Å². The third-order valence-electron chi connectivity index (χ3n) is 5.47. The third kappa shape index (κ3) is 8.00. The molecule has 0 bridgehead atoms. The van der Waals surface area contributed by atoms with Gasteiger partial charge in [0.25, 0.3) is 0 Å². The maximum atomic E-state index is 13.1. The van der Waals surface area contributed by atoms with Crippen LogP contribution in [0.15, 0.2) is 47.4 Å².